The van der Waals surface area contributed by atoms with Gasteiger partial charge in [0.05, 0.1) is 48.2 Å². The molecule has 2 aromatic rings. The second-order valence-corrected chi connectivity index (χ2v) is 2.35. The first-order valence-electron chi connectivity index (χ1n) is 2.43. The molecule has 0 amide bonds. The van der Waals surface area contributed by atoms with E-state index in [2.05, 4.69) is 17.5 Å². The molecule has 2 aromatic heterocycles. The van der Waals surface area contributed by atoms with Crippen LogP contribution in [-0.2, 0) is 0 Å². The lowest BCUT2D eigenvalue weighted by atomic mass is 11.0. The van der Waals surface area contributed by atoms with Crippen LogP contribution in [0.5, 0.6) is 0 Å². The topological polar surface area (TPSA) is 51.6 Å². The molecular formula is C4H4N4S2. The van der Waals surface area contributed by atoms with Crippen molar-refractivity contribution in [1.82, 2.24) is 17.5 Å². The Hall–Kier alpha value is -0.880. The van der Waals surface area contributed by atoms with Gasteiger partial charge in [-0.15, -0.1) is 0 Å². The molecule has 4 nitrogen and oxygen atoms in total. The lowest BCUT2D eigenvalue weighted by Crippen LogP contribution is -1.32. The average molecular weight is 172 g/mol. The molecular weight excluding hydrogens is 168 g/mol. The fourth-order valence-electron chi connectivity index (χ4n) is 0.272. The summed E-state index contributed by atoms with van der Waals surface area (Å²) in [7, 11) is 0. The molecule has 0 N–H and O–H groups in total. The molecule has 6 heteroatoms. The fourth-order valence-corrected chi connectivity index (χ4v) is 0.816. The Morgan fingerprint density at radius 3 is 1.00 bits per heavy atom. The van der Waals surface area contributed by atoms with Gasteiger partial charge in [-0.3, -0.25) is 0 Å². The molecule has 0 saturated carbocycles. The quantitative estimate of drug-likeness (QED) is 0.596. The summed E-state index contributed by atoms with van der Waals surface area (Å²) in [6.45, 7) is 0. The predicted octanol–water partition coefficient (Wildman–Crippen LogP) is 1.08. The molecule has 0 aromatic carbocycles. The first-order chi connectivity index (χ1) is 5.00. The summed E-state index contributed by atoms with van der Waals surface area (Å²) in [5.41, 5.74) is 0. The van der Waals surface area contributed by atoms with Crippen molar-refractivity contribution in [3.05, 3.63) is 24.8 Å². The molecule has 0 bridgehead atoms. The van der Waals surface area contributed by atoms with Crippen molar-refractivity contribution in [3.63, 3.8) is 0 Å². The summed E-state index contributed by atoms with van der Waals surface area (Å²) in [6.07, 6.45) is 6.63. The number of hydrogen-bond acceptors (Lipinski definition) is 6. The van der Waals surface area contributed by atoms with Crippen molar-refractivity contribution in [2.75, 3.05) is 0 Å². The smallest absolute Gasteiger partial charge is 0.0679 e. The van der Waals surface area contributed by atoms with Crippen molar-refractivity contribution >= 4 is 23.5 Å². The minimum atomic E-state index is 1.21. The molecule has 0 atom stereocenters. The second kappa shape index (κ2) is 4.95. The molecule has 0 unspecified atom stereocenters. The van der Waals surface area contributed by atoms with Crippen LogP contribution in [0.25, 0.3) is 0 Å². The minimum absolute atomic E-state index is 1.21. The number of aromatic nitrogens is 4. The highest BCUT2D eigenvalue weighted by Gasteiger charge is 1.61. The van der Waals surface area contributed by atoms with Gasteiger partial charge in [0.15, 0.2) is 0 Å². The van der Waals surface area contributed by atoms with Crippen molar-refractivity contribution < 1.29 is 0 Å². The summed E-state index contributed by atoms with van der Waals surface area (Å²) < 4.78 is 14.6. The van der Waals surface area contributed by atoms with Crippen LogP contribution in [0.15, 0.2) is 24.8 Å². The van der Waals surface area contributed by atoms with E-state index in [1.165, 1.54) is 23.5 Å². The SMILES string of the molecule is c1cnsn1.c1cnsn1. The maximum Gasteiger partial charge on any atom is 0.0679 e. The molecule has 0 spiro atoms. The fraction of sp³-hybridized carbons (Fsp3) is 0. The molecule has 2 rings (SSSR count). The Kier molecular flexibility index (Phi) is 3.58. The summed E-state index contributed by atoms with van der Waals surface area (Å²) in [6, 6.07) is 0. The van der Waals surface area contributed by atoms with Gasteiger partial charge in [0, 0.05) is 0 Å². The van der Waals surface area contributed by atoms with Crippen LogP contribution in [0.1, 0.15) is 0 Å². The zero-order valence-electron chi connectivity index (χ0n) is 4.91. The molecule has 0 aliphatic rings. The highest BCUT2D eigenvalue weighted by molar-refractivity contribution is 6.99. The zero-order chi connectivity index (χ0) is 7.07. The van der Waals surface area contributed by atoms with E-state index in [9.17, 15) is 0 Å². The maximum absolute atomic E-state index is 3.65. The zero-order valence-corrected chi connectivity index (χ0v) is 6.55. The Morgan fingerprint density at radius 1 is 0.600 bits per heavy atom. The monoisotopic (exact) mass is 172 g/mol. The Labute approximate surface area is 66.2 Å². The lowest BCUT2D eigenvalue weighted by molar-refractivity contribution is 1.53. The molecule has 0 radical (unpaired) electrons. The molecule has 0 saturated heterocycles. The first-order valence-corrected chi connectivity index (χ1v) is 3.89. The molecule has 2 heterocycles. The largest absolute Gasteiger partial charge is 0.182 e. The molecule has 52 valence electrons. The van der Waals surface area contributed by atoms with Crippen LogP contribution < -0.4 is 0 Å². The average Bonchev–Trinajstić information content (AvgIpc) is 2.67. The number of hydrogen-bond donors (Lipinski definition) is 0. The van der Waals surface area contributed by atoms with Crippen LogP contribution in [-0.4, -0.2) is 17.5 Å². The van der Waals surface area contributed by atoms with Crippen molar-refractivity contribution in [2.24, 2.45) is 0 Å². The standard InChI is InChI=1S/2C2H2N2S/c2*1-2-4-5-3-1/h2*1-2H. The van der Waals surface area contributed by atoms with E-state index < -0.39 is 0 Å². The van der Waals surface area contributed by atoms with E-state index in [-0.39, 0.29) is 0 Å². The van der Waals surface area contributed by atoms with Crippen LogP contribution in [0.4, 0.5) is 0 Å². The molecule has 0 aliphatic carbocycles. The minimum Gasteiger partial charge on any atom is -0.182 e. The van der Waals surface area contributed by atoms with E-state index >= 15 is 0 Å². The van der Waals surface area contributed by atoms with Crippen LogP contribution in [0.3, 0.4) is 0 Å². The third kappa shape index (κ3) is 3.21. The third-order valence-corrected chi connectivity index (χ3v) is 1.43. The normalized spacial score (nSPS) is 8.00. The van der Waals surface area contributed by atoms with Gasteiger partial charge in [-0.05, 0) is 0 Å². The van der Waals surface area contributed by atoms with Crippen molar-refractivity contribution in [1.29, 1.82) is 0 Å². The van der Waals surface area contributed by atoms with Gasteiger partial charge in [0.2, 0.25) is 0 Å². The molecule has 0 fully saturated rings. The molecule has 0 aliphatic heterocycles. The van der Waals surface area contributed by atoms with Gasteiger partial charge in [-0.1, -0.05) is 0 Å². The van der Waals surface area contributed by atoms with Crippen LogP contribution >= 0.6 is 23.5 Å². The third-order valence-electron chi connectivity index (χ3n) is 0.565. The van der Waals surface area contributed by atoms with Gasteiger partial charge in [0.1, 0.15) is 0 Å². The first kappa shape index (κ1) is 7.23. The molecule has 10 heavy (non-hydrogen) atoms. The predicted molar refractivity (Wildman–Crippen MR) is 39.8 cm³/mol. The van der Waals surface area contributed by atoms with Crippen LogP contribution in [0, 0.1) is 0 Å². The number of nitrogens with zero attached hydrogens (tertiary/aromatic N) is 4. The van der Waals surface area contributed by atoms with E-state index in [4.69, 9.17) is 0 Å². The lowest BCUT2D eigenvalue weighted by Gasteiger charge is -1.39. The summed E-state index contributed by atoms with van der Waals surface area (Å²) >= 11 is 2.43. The number of rotatable bonds is 0. The maximum atomic E-state index is 3.65. The van der Waals surface area contributed by atoms with Crippen molar-refractivity contribution in [2.45, 2.75) is 0 Å². The summed E-state index contributed by atoms with van der Waals surface area (Å²) in [4.78, 5) is 0. The highest BCUT2D eigenvalue weighted by Crippen LogP contribution is 1.75. The van der Waals surface area contributed by atoms with Gasteiger partial charge >= 0.3 is 0 Å². The highest BCUT2D eigenvalue weighted by atomic mass is 32.1. The Bertz CT molecular complexity index is 154. The Morgan fingerprint density at radius 2 is 0.900 bits per heavy atom. The van der Waals surface area contributed by atoms with Gasteiger partial charge in [-0.25, -0.2) is 0 Å². The van der Waals surface area contributed by atoms with Crippen LogP contribution in [0.2, 0.25) is 0 Å². The van der Waals surface area contributed by atoms with Gasteiger partial charge in [-0.2, -0.15) is 17.5 Å². The summed E-state index contributed by atoms with van der Waals surface area (Å²) in [5.74, 6) is 0. The van der Waals surface area contributed by atoms with E-state index in [1.54, 1.807) is 24.8 Å². The summed E-state index contributed by atoms with van der Waals surface area (Å²) in [5, 5.41) is 0. The Balaban J connectivity index is 0.0000001000. The van der Waals surface area contributed by atoms with E-state index in [1.807, 2.05) is 0 Å². The van der Waals surface area contributed by atoms with Gasteiger partial charge in [0.25, 0.3) is 0 Å². The van der Waals surface area contributed by atoms with Gasteiger partial charge < -0.3 is 0 Å². The van der Waals surface area contributed by atoms with Crippen molar-refractivity contribution in [3.8, 4) is 0 Å². The van der Waals surface area contributed by atoms with E-state index in [0.29, 0.717) is 0 Å². The van der Waals surface area contributed by atoms with E-state index in [0.717, 1.165) is 0 Å². The second-order valence-electron chi connectivity index (χ2n) is 1.18.